The number of aromatic nitrogens is 1. The molecule has 0 radical (unpaired) electrons. The highest BCUT2D eigenvalue weighted by molar-refractivity contribution is 9.10. The molecule has 0 aliphatic heterocycles. The summed E-state index contributed by atoms with van der Waals surface area (Å²) in [5.74, 6) is 1.72. The van der Waals surface area contributed by atoms with Crippen LogP contribution in [0.4, 0.5) is 5.69 Å². The van der Waals surface area contributed by atoms with Gasteiger partial charge in [0.15, 0.2) is 5.75 Å². The highest BCUT2D eigenvalue weighted by Crippen LogP contribution is 2.30. The van der Waals surface area contributed by atoms with Crippen LogP contribution in [-0.4, -0.2) is 17.5 Å². The number of nitrogens with zero attached hydrogens (tertiary/aromatic N) is 1. The van der Waals surface area contributed by atoms with E-state index in [2.05, 4.69) is 26.2 Å². The summed E-state index contributed by atoms with van der Waals surface area (Å²) in [5.41, 5.74) is 1.03. The minimum absolute atomic E-state index is 0.262. The van der Waals surface area contributed by atoms with Crippen LogP contribution in [0.3, 0.4) is 0 Å². The van der Waals surface area contributed by atoms with E-state index in [4.69, 9.17) is 9.47 Å². The van der Waals surface area contributed by atoms with Gasteiger partial charge in [-0.3, -0.25) is 9.78 Å². The van der Waals surface area contributed by atoms with Gasteiger partial charge < -0.3 is 14.8 Å². The fraction of sp³-hybridized carbons (Fsp3) is 0.100. The van der Waals surface area contributed by atoms with Gasteiger partial charge in [0.05, 0.1) is 17.9 Å². The third kappa shape index (κ3) is 4.61. The Labute approximate surface area is 160 Å². The molecule has 0 aliphatic carbocycles. The molecule has 0 atom stereocenters. The molecule has 1 N–H and O–H groups in total. The molecule has 1 aromatic heterocycles. The molecule has 0 unspecified atom stereocenters. The van der Waals surface area contributed by atoms with E-state index in [0.717, 1.165) is 10.2 Å². The Morgan fingerprint density at radius 3 is 2.54 bits per heavy atom. The first kappa shape index (κ1) is 17.9. The van der Waals surface area contributed by atoms with Crippen LogP contribution in [-0.2, 0) is 0 Å². The third-order valence-corrected chi connectivity index (χ3v) is 3.90. The van der Waals surface area contributed by atoms with Crippen molar-refractivity contribution in [3.05, 3.63) is 77.0 Å². The number of nitrogens with one attached hydrogen (secondary N) is 1. The maximum Gasteiger partial charge on any atom is 0.257 e. The molecule has 132 valence electrons. The smallest absolute Gasteiger partial charge is 0.257 e. The minimum atomic E-state index is -0.262. The molecule has 0 saturated heterocycles. The number of rotatable bonds is 6. The van der Waals surface area contributed by atoms with Crippen molar-refractivity contribution in [2.75, 3.05) is 11.9 Å². The van der Waals surface area contributed by atoms with Gasteiger partial charge in [-0.15, -0.1) is 0 Å². The molecule has 0 aliphatic rings. The SMILES string of the molecule is CCOc1ccc(Oc2ccccc2NC(=O)c2cncc(Br)c2)cc1. The number of pyridine rings is 1. The maximum absolute atomic E-state index is 12.4. The van der Waals surface area contributed by atoms with Crippen molar-refractivity contribution in [2.24, 2.45) is 0 Å². The lowest BCUT2D eigenvalue weighted by atomic mass is 10.2. The molecule has 1 amide bonds. The van der Waals surface area contributed by atoms with Crippen molar-refractivity contribution < 1.29 is 14.3 Å². The molecule has 2 aromatic carbocycles. The quantitative estimate of drug-likeness (QED) is 0.597. The molecule has 26 heavy (non-hydrogen) atoms. The highest BCUT2D eigenvalue weighted by Gasteiger charge is 2.11. The van der Waals surface area contributed by atoms with Gasteiger partial charge in [0.1, 0.15) is 11.5 Å². The third-order valence-electron chi connectivity index (χ3n) is 3.46. The zero-order chi connectivity index (χ0) is 18.4. The Hall–Kier alpha value is -2.86. The first-order valence-corrected chi connectivity index (χ1v) is 8.86. The molecule has 0 saturated carbocycles. The average molecular weight is 413 g/mol. The van der Waals surface area contributed by atoms with Gasteiger partial charge in [-0.05, 0) is 65.3 Å². The second-order valence-corrected chi connectivity index (χ2v) is 6.26. The summed E-state index contributed by atoms with van der Waals surface area (Å²) in [5, 5.41) is 2.86. The Morgan fingerprint density at radius 1 is 1.08 bits per heavy atom. The van der Waals surface area contributed by atoms with E-state index in [1.807, 2.05) is 43.3 Å². The van der Waals surface area contributed by atoms with E-state index >= 15 is 0 Å². The summed E-state index contributed by atoms with van der Waals surface area (Å²) in [6.07, 6.45) is 3.13. The van der Waals surface area contributed by atoms with Crippen LogP contribution >= 0.6 is 15.9 Å². The number of anilines is 1. The number of ether oxygens (including phenoxy) is 2. The van der Waals surface area contributed by atoms with Gasteiger partial charge in [-0.1, -0.05) is 12.1 Å². The van der Waals surface area contributed by atoms with E-state index in [1.54, 1.807) is 24.4 Å². The number of carbonyl (C=O) groups excluding carboxylic acids is 1. The second kappa shape index (κ2) is 8.49. The van der Waals surface area contributed by atoms with Crippen molar-refractivity contribution in [1.82, 2.24) is 4.98 Å². The second-order valence-electron chi connectivity index (χ2n) is 5.35. The normalized spacial score (nSPS) is 10.2. The number of carbonyl (C=O) groups is 1. The summed E-state index contributed by atoms with van der Waals surface area (Å²) >= 11 is 3.31. The maximum atomic E-state index is 12.4. The minimum Gasteiger partial charge on any atom is -0.494 e. The van der Waals surface area contributed by atoms with Gasteiger partial charge in [-0.25, -0.2) is 0 Å². The van der Waals surface area contributed by atoms with E-state index in [9.17, 15) is 4.79 Å². The summed E-state index contributed by atoms with van der Waals surface area (Å²) in [7, 11) is 0. The molecule has 0 spiro atoms. The number of para-hydroxylation sites is 2. The molecule has 3 rings (SSSR count). The van der Waals surface area contributed by atoms with E-state index in [1.165, 1.54) is 6.20 Å². The van der Waals surface area contributed by atoms with Crippen LogP contribution in [0.5, 0.6) is 17.2 Å². The topological polar surface area (TPSA) is 60.5 Å². The number of hydrogen-bond acceptors (Lipinski definition) is 4. The Kier molecular flexibility index (Phi) is 5.86. The Bertz CT molecular complexity index is 898. The molecule has 3 aromatic rings. The largest absolute Gasteiger partial charge is 0.494 e. The van der Waals surface area contributed by atoms with Gasteiger partial charge in [0.25, 0.3) is 5.91 Å². The number of hydrogen-bond donors (Lipinski definition) is 1. The lowest BCUT2D eigenvalue weighted by molar-refractivity contribution is 0.102. The summed E-state index contributed by atoms with van der Waals surface area (Å²) < 4.78 is 12.1. The van der Waals surface area contributed by atoms with Gasteiger partial charge >= 0.3 is 0 Å². The van der Waals surface area contributed by atoms with Crippen LogP contribution in [0.2, 0.25) is 0 Å². The fourth-order valence-electron chi connectivity index (χ4n) is 2.29. The fourth-order valence-corrected chi connectivity index (χ4v) is 2.65. The summed E-state index contributed by atoms with van der Waals surface area (Å²) in [6.45, 7) is 2.55. The van der Waals surface area contributed by atoms with E-state index in [0.29, 0.717) is 29.4 Å². The Morgan fingerprint density at radius 2 is 1.81 bits per heavy atom. The standard InChI is InChI=1S/C20H17BrN2O3/c1-2-25-16-7-9-17(10-8-16)26-19-6-4-3-5-18(19)23-20(24)14-11-15(21)13-22-12-14/h3-13H,2H2,1H3,(H,23,24). The van der Waals surface area contributed by atoms with Crippen molar-refractivity contribution in [3.8, 4) is 17.2 Å². The predicted molar refractivity (Wildman–Crippen MR) is 104 cm³/mol. The van der Waals surface area contributed by atoms with Gasteiger partial charge in [-0.2, -0.15) is 0 Å². The number of halogens is 1. The molecule has 0 bridgehead atoms. The van der Waals surface area contributed by atoms with Crippen molar-refractivity contribution >= 4 is 27.5 Å². The highest BCUT2D eigenvalue weighted by atomic mass is 79.9. The first-order chi connectivity index (χ1) is 12.7. The predicted octanol–water partition coefficient (Wildman–Crippen LogP) is 5.29. The zero-order valence-corrected chi connectivity index (χ0v) is 15.7. The van der Waals surface area contributed by atoms with E-state index < -0.39 is 0 Å². The van der Waals surface area contributed by atoms with Crippen molar-refractivity contribution in [3.63, 3.8) is 0 Å². The van der Waals surface area contributed by atoms with Crippen LogP contribution in [0.15, 0.2) is 71.5 Å². The molecule has 0 fully saturated rings. The summed E-state index contributed by atoms with van der Waals surface area (Å²) in [4.78, 5) is 16.5. The Balaban J connectivity index is 1.76. The zero-order valence-electron chi connectivity index (χ0n) is 14.1. The number of benzene rings is 2. The van der Waals surface area contributed by atoms with Crippen LogP contribution in [0.25, 0.3) is 0 Å². The number of amides is 1. The average Bonchev–Trinajstić information content (AvgIpc) is 2.65. The van der Waals surface area contributed by atoms with Crippen LogP contribution in [0, 0.1) is 0 Å². The van der Waals surface area contributed by atoms with Crippen molar-refractivity contribution in [2.45, 2.75) is 6.92 Å². The van der Waals surface area contributed by atoms with Crippen LogP contribution < -0.4 is 14.8 Å². The summed E-state index contributed by atoms with van der Waals surface area (Å²) in [6, 6.07) is 16.3. The van der Waals surface area contributed by atoms with Crippen molar-refractivity contribution in [1.29, 1.82) is 0 Å². The molecule has 5 nitrogen and oxygen atoms in total. The first-order valence-electron chi connectivity index (χ1n) is 8.07. The lowest BCUT2D eigenvalue weighted by Crippen LogP contribution is -2.12. The van der Waals surface area contributed by atoms with Gasteiger partial charge in [0, 0.05) is 16.9 Å². The lowest BCUT2D eigenvalue weighted by Gasteiger charge is -2.12. The van der Waals surface area contributed by atoms with Gasteiger partial charge in [0.2, 0.25) is 0 Å². The molecular formula is C20H17BrN2O3. The molecular weight excluding hydrogens is 396 g/mol. The van der Waals surface area contributed by atoms with Crippen LogP contribution in [0.1, 0.15) is 17.3 Å². The molecule has 1 heterocycles. The molecule has 6 heteroatoms. The van der Waals surface area contributed by atoms with E-state index in [-0.39, 0.29) is 5.91 Å². The monoisotopic (exact) mass is 412 g/mol.